The van der Waals surface area contributed by atoms with Crippen LogP contribution in [0.4, 0.5) is 0 Å². The van der Waals surface area contributed by atoms with Crippen LogP contribution in [0.25, 0.3) is 4.85 Å². The smallest absolute Gasteiger partial charge is 0.311 e. The molecule has 3 heteroatoms. The third-order valence-corrected chi connectivity index (χ3v) is 1.21. The molecule has 0 spiro atoms. The lowest BCUT2D eigenvalue weighted by atomic mass is 10.1. The summed E-state index contributed by atoms with van der Waals surface area (Å²) in [6.45, 7) is 8.56. The van der Waals surface area contributed by atoms with Crippen molar-refractivity contribution in [2.75, 3.05) is 0 Å². The van der Waals surface area contributed by atoms with E-state index in [0.717, 1.165) is 6.42 Å². The summed E-state index contributed by atoms with van der Waals surface area (Å²) in [4.78, 5) is 13.3. The first-order valence-electron chi connectivity index (χ1n) is 3.29. The zero-order valence-electron chi connectivity index (χ0n) is 6.00. The molecule has 3 nitrogen and oxygen atoms in total. The minimum absolute atomic E-state index is 0.0165. The van der Waals surface area contributed by atoms with E-state index in [-0.39, 0.29) is 12.5 Å². The van der Waals surface area contributed by atoms with Crippen LogP contribution in [0.15, 0.2) is 0 Å². The van der Waals surface area contributed by atoms with Crippen LogP contribution in [0.3, 0.4) is 0 Å². The minimum Gasteiger partial charge on any atom is -0.481 e. The predicted molar refractivity (Wildman–Crippen MR) is 37.6 cm³/mol. The van der Waals surface area contributed by atoms with Gasteiger partial charge in [-0.05, 0) is 6.42 Å². The van der Waals surface area contributed by atoms with Gasteiger partial charge >= 0.3 is 5.97 Å². The molecule has 0 saturated carbocycles. The first-order chi connectivity index (χ1) is 4.70. The number of hydrogen-bond donors (Lipinski definition) is 1. The highest BCUT2D eigenvalue weighted by molar-refractivity contribution is 5.67. The monoisotopic (exact) mass is 141 g/mol. The van der Waals surface area contributed by atoms with Gasteiger partial charge in [-0.25, -0.2) is 6.57 Å². The van der Waals surface area contributed by atoms with Crippen LogP contribution in [-0.4, -0.2) is 17.1 Å². The van der Waals surface area contributed by atoms with Gasteiger partial charge in [0.1, 0.15) is 6.42 Å². The number of rotatable bonds is 4. The van der Waals surface area contributed by atoms with Crippen molar-refractivity contribution in [3.8, 4) is 0 Å². The van der Waals surface area contributed by atoms with Crippen molar-refractivity contribution in [1.82, 2.24) is 0 Å². The highest BCUT2D eigenvalue weighted by Crippen LogP contribution is 2.05. The Morgan fingerprint density at radius 2 is 2.40 bits per heavy atom. The van der Waals surface area contributed by atoms with Crippen LogP contribution in [0.1, 0.15) is 26.2 Å². The van der Waals surface area contributed by atoms with Gasteiger partial charge in [0.05, 0.1) is 0 Å². The third kappa shape index (κ3) is 3.90. The second-order valence-corrected chi connectivity index (χ2v) is 2.17. The fraction of sp³-hybridized carbons (Fsp3) is 0.714. The zero-order valence-corrected chi connectivity index (χ0v) is 6.00. The molecule has 10 heavy (non-hydrogen) atoms. The zero-order chi connectivity index (χ0) is 7.98. The molecule has 0 amide bonds. The molecular formula is C7H11NO2. The normalized spacial score (nSPS) is 12.0. The van der Waals surface area contributed by atoms with Crippen molar-refractivity contribution in [2.45, 2.75) is 32.2 Å². The standard InChI is InChI=1S/C7H11NO2/c1-3-4-6(8-2)5-7(9)10/h6H,3-5H2,1H3,(H,9,10)/t6-/m1/s1. The molecule has 0 aromatic rings. The van der Waals surface area contributed by atoms with E-state index in [9.17, 15) is 4.79 Å². The van der Waals surface area contributed by atoms with E-state index in [1.807, 2.05) is 6.92 Å². The Balaban J connectivity index is 3.63. The Hall–Kier alpha value is -1.04. The SMILES string of the molecule is [C-]#[N+][C@H](CCC)CC(=O)O. The summed E-state index contributed by atoms with van der Waals surface area (Å²) in [6, 6.07) is -0.317. The Kier molecular flexibility index (Phi) is 4.30. The number of aliphatic carboxylic acids is 1. The van der Waals surface area contributed by atoms with Crippen LogP contribution in [0.5, 0.6) is 0 Å². The molecule has 0 fully saturated rings. The summed E-state index contributed by atoms with van der Waals surface area (Å²) in [5, 5.41) is 8.30. The molecule has 0 heterocycles. The molecule has 0 aliphatic carbocycles. The summed E-state index contributed by atoms with van der Waals surface area (Å²) in [5.41, 5.74) is 0. The van der Waals surface area contributed by atoms with Crippen LogP contribution in [-0.2, 0) is 4.79 Å². The molecule has 0 radical (unpaired) electrons. The number of carboxylic acids is 1. The minimum atomic E-state index is -0.880. The number of nitrogens with zero attached hydrogens (tertiary/aromatic N) is 1. The van der Waals surface area contributed by atoms with E-state index in [1.165, 1.54) is 0 Å². The Morgan fingerprint density at radius 1 is 1.80 bits per heavy atom. The molecule has 1 N–H and O–H groups in total. The summed E-state index contributed by atoms with van der Waals surface area (Å²) in [7, 11) is 0. The third-order valence-electron chi connectivity index (χ3n) is 1.21. The molecule has 1 atom stereocenters. The van der Waals surface area contributed by atoms with E-state index in [1.54, 1.807) is 0 Å². The Bertz CT molecular complexity index is 148. The first-order valence-corrected chi connectivity index (χ1v) is 3.29. The number of hydrogen-bond acceptors (Lipinski definition) is 1. The predicted octanol–water partition coefficient (Wildman–Crippen LogP) is 1.55. The van der Waals surface area contributed by atoms with Crippen LogP contribution >= 0.6 is 0 Å². The molecule has 56 valence electrons. The summed E-state index contributed by atoms with van der Waals surface area (Å²) in [6.07, 6.45) is 1.55. The molecule has 0 bridgehead atoms. The van der Waals surface area contributed by atoms with Crippen LogP contribution < -0.4 is 0 Å². The van der Waals surface area contributed by atoms with Crippen molar-refractivity contribution in [2.24, 2.45) is 0 Å². The maximum absolute atomic E-state index is 10.1. The second kappa shape index (κ2) is 4.80. The van der Waals surface area contributed by atoms with Gasteiger partial charge in [0, 0.05) is 6.42 Å². The molecule has 0 unspecified atom stereocenters. The van der Waals surface area contributed by atoms with Gasteiger partial charge in [0.25, 0.3) is 0 Å². The second-order valence-electron chi connectivity index (χ2n) is 2.17. The van der Waals surface area contributed by atoms with Gasteiger partial charge in [-0.1, -0.05) is 6.92 Å². The lowest BCUT2D eigenvalue weighted by Gasteiger charge is -1.97. The quantitative estimate of drug-likeness (QED) is 0.603. The molecule has 0 aliphatic heterocycles. The summed E-state index contributed by atoms with van der Waals surface area (Å²) in [5.74, 6) is -0.880. The lowest BCUT2D eigenvalue weighted by Crippen LogP contribution is -2.08. The largest absolute Gasteiger partial charge is 0.481 e. The van der Waals surface area contributed by atoms with Crippen molar-refractivity contribution >= 4 is 5.97 Å². The van der Waals surface area contributed by atoms with Gasteiger partial charge < -0.3 is 9.95 Å². The average Bonchev–Trinajstić information content (AvgIpc) is 1.86. The van der Waals surface area contributed by atoms with Gasteiger partial charge in [-0.3, -0.25) is 4.79 Å². The summed E-state index contributed by atoms with van der Waals surface area (Å²) < 4.78 is 0. The topological polar surface area (TPSA) is 41.7 Å². The lowest BCUT2D eigenvalue weighted by molar-refractivity contribution is -0.137. The Morgan fingerprint density at radius 3 is 2.70 bits per heavy atom. The van der Waals surface area contributed by atoms with E-state index in [2.05, 4.69) is 4.85 Å². The average molecular weight is 141 g/mol. The maximum atomic E-state index is 10.1. The highest BCUT2D eigenvalue weighted by atomic mass is 16.4. The molecular weight excluding hydrogens is 130 g/mol. The number of carbonyl (C=O) groups is 1. The fourth-order valence-electron chi connectivity index (χ4n) is 0.747. The van der Waals surface area contributed by atoms with Gasteiger partial charge in [0.15, 0.2) is 0 Å². The van der Waals surface area contributed by atoms with Gasteiger partial charge in [0.2, 0.25) is 6.04 Å². The molecule has 0 aromatic heterocycles. The maximum Gasteiger partial charge on any atom is 0.311 e. The molecule has 0 aromatic carbocycles. The Labute approximate surface area is 60.5 Å². The van der Waals surface area contributed by atoms with Crippen molar-refractivity contribution < 1.29 is 9.90 Å². The molecule has 0 aliphatic rings. The number of carboxylic acid groups (broad SMARTS) is 1. The highest BCUT2D eigenvalue weighted by Gasteiger charge is 2.14. The first kappa shape index (κ1) is 8.96. The van der Waals surface area contributed by atoms with Crippen LogP contribution in [0.2, 0.25) is 0 Å². The molecule has 0 rings (SSSR count). The van der Waals surface area contributed by atoms with Gasteiger partial charge in [-0.2, -0.15) is 0 Å². The van der Waals surface area contributed by atoms with E-state index in [4.69, 9.17) is 11.7 Å². The van der Waals surface area contributed by atoms with E-state index in [0.29, 0.717) is 6.42 Å². The van der Waals surface area contributed by atoms with Crippen molar-refractivity contribution in [1.29, 1.82) is 0 Å². The van der Waals surface area contributed by atoms with Gasteiger partial charge in [-0.15, -0.1) is 0 Å². The summed E-state index contributed by atoms with van der Waals surface area (Å²) >= 11 is 0. The molecule has 0 saturated heterocycles. The fourth-order valence-corrected chi connectivity index (χ4v) is 0.747. The van der Waals surface area contributed by atoms with Crippen LogP contribution in [0, 0.1) is 6.57 Å². The van der Waals surface area contributed by atoms with Crippen molar-refractivity contribution in [3.63, 3.8) is 0 Å². The van der Waals surface area contributed by atoms with E-state index >= 15 is 0 Å². The van der Waals surface area contributed by atoms with Crippen molar-refractivity contribution in [3.05, 3.63) is 11.4 Å². The van der Waals surface area contributed by atoms with E-state index < -0.39 is 5.97 Å².